The van der Waals surface area contributed by atoms with Crippen LogP contribution < -0.4 is 0 Å². The van der Waals surface area contributed by atoms with Crippen LogP contribution in [0.5, 0.6) is 0 Å². The molecule has 0 aliphatic rings. The van der Waals surface area contributed by atoms with Crippen LogP contribution >= 0.6 is 11.3 Å². The van der Waals surface area contributed by atoms with E-state index >= 15 is 0 Å². The Bertz CT molecular complexity index is 1060. The Morgan fingerprint density at radius 1 is 0.880 bits per heavy atom. The van der Waals surface area contributed by atoms with Crippen molar-refractivity contribution in [1.29, 1.82) is 5.26 Å². The maximum Gasteiger partial charge on any atom is 0.126 e. The van der Waals surface area contributed by atoms with Gasteiger partial charge in [0.25, 0.3) is 0 Å². The molecule has 118 valence electrons. The Morgan fingerprint density at radius 2 is 1.72 bits per heavy atom. The molecule has 0 saturated carbocycles. The van der Waals surface area contributed by atoms with Crippen LogP contribution in [0.3, 0.4) is 0 Å². The highest BCUT2D eigenvalue weighted by molar-refractivity contribution is 7.13. The highest BCUT2D eigenvalue weighted by Gasteiger charge is 2.12. The van der Waals surface area contributed by atoms with Crippen molar-refractivity contribution in [2.24, 2.45) is 0 Å². The third kappa shape index (κ3) is 3.06. The predicted molar refractivity (Wildman–Crippen MR) is 101 cm³/mol. The Balaban J connectivity index is 1.78. The molecule has 0 saturated heterocycles. The lowest BCUT2D eigenvalue weighted by molar-refractivity contribution is 1.31. The van der Waals surface area contributed by atoms with Gasteiger partial charge in [0.2, 0.25) is 0 Å². The summed E-state index contributed by atoms with van der Waals surface area (Å²) in [6.45, 7) is 0. The summed E-state index contributed by atoms with van der Waals surface area (Å²) in [6, 6.07) is 21.9. The van der Waals surface area contributed by atoms with Crippen molar-refractivity contribution in [2.45, 2.75) is 0 Å². The highest BCUT2D eigenvalue weighted by atomic mass is 32.1. The van der Waals surface area contributed by atoms with Crippen molar-refractivity contribution in [3.05, 3.63) is 84.0 Å². The minimum absolute atomic E-state index is 0.637. The fraction of sp³-hybridized carbons (Fsp3) is 0. The number of thiazole rings is 1. The van der Waals surface area contributed by atoms with Gasteiger partial charge in [-0.3, -0.25) is 4.98 Å². The molecule has 4 aromatic rings. The molecule has 0 bridgehead atoms. The monoisotopic (exact) mass is 339 g/mol. The largest absolute Gasteiger partial charge is 0.264 e. The summed E-state index contributed by atoms with van der Waals surface area (Å²) in [6.07, 6.45) is 3.66. The second kappa shape index (κ2) is 6.68. The van der Waals surface area contributed by atoms with E-state index in [1.165, 1.54) is 0 Å². The molecule has 0 aliphatic carbocycles. The lowest BCUT2D eigenvalue weighted by atomic mass is 10.0. The van der Waals surface area contributed by atoms with Crippen LogP contribution in [0.2, 0.25) is 0 Å². The summed E-state index contributed by atoms with van der Waals surface area (Å²) in [7, 11) is 0. The fourth-order valence-corrected chi connectivity index (χ4v) is 3.57. The van der Waals surface area contributed by atoms with Crippen molar-refractivity contribution >= 4 is 11.3 Å². The molecule has 0 amide bonds. The summed E-state index contributed by atoms with van der Waals surface area (Å²) in [5.41, 5.74) is 5.73. The first-order chi connectivity index (χ1) is 12.3. The molecule has 2 aromatic carbocycles. The van der Waals surface area contributed by atoms with E-state index in [9.17, 15) is 0 Å². The van der Waals surface area contributed by atoms with E-state index in [1.54, 1.807) is 23.6 Å². The molecule has 3 nitrogen and oxygen atoms in total. The van der Waals surface area contributed by atoms with Gasteiger partial charge in [0.15, 0.2) is 0 Å². The van der Waals surface area contributed by atoms with E-state index in [1.807, 2.05) is 54.0 Å². The summed E-state index contributed by atoms with van der Waals surface area (Å²) in [4.78, 5) is 9.06. The highest BCUT2D eigenvalue weighted by Crippen LogP contribution is 2.35. The maximum absolute atomic E-state index is 9.08. The zero-order valence-corrected chi connectivity index (χ0v) is 14.1. The van der Waals surface area contributed by atoms with Crippen LogP contribution in [0, 0.1) is 11.3 Å². The molecule has 4 rings (SSSR count). The molecule has 0 unspecified atom stereocenters. The van der Waals surface area contributed by atoms with Gasteiger partial charge in [0.05, 0.1) is 17.3 Å². The van der Waals surface area contributed by atoms with Crippen LogP contribution in [-0.4, -0.2) is 9.97 Å². The number of hydrogen-bond donors (Lipinski definition) is 0. The number of rotatable bonds is 3. The lowest BCUT2D eigenvalue weighted by Crippen LogP contribution is -1.87. The zero-order valence-electron chi connectivity index (χ0n) is 13.3. The first kappa shape index (κ1) is 15.3. The smallest absolute Gasteiger partial charge is 0.126 e. The van der Waals surface area contributed by atoms with Crippen molar-refractivity contribution in [2.75, 3.05) is 0 Å². The molecular weight excluding hydrogens is 326 g/mol. The summed E-state index contributed by atoms with van der Waals surface area (Å²) >= 11 is 1.59. The minimum atomic E-state index is 0.637. The topological polar surface area (TPSA) is 49.6 Å². The predicted octanol–water partition coefficient (Wildman–Crippen LogP) is 5.41. The number of nitriles is 1. The lowest BCUT2D eigenvalue weighted by Gasteiger charge is -2.06. The van der Waals surface area contributed by atoms with Crippen molar-refractivity contribution in [3.8, 4) is 39.0 Å². The van der Waals surface area contributed by atoms with Crippen LogP contribution in [0.4, 0.5) is 0 Å². The number of hydrogen-bond acceptors (Lipinski definition) is 4. The number of benzene rings is 2. The quantitative estimate of drug-likeness (QED) is 0.501. The first-order valence-electron chi connectivity index (χ1n) is 7.81. The summed E-state index contributed by atoms with van der Waals surface area (Å²) in [5.74, 6) is 0. The van der Waals surface area contributed by atoms with Gasteiger partial charge >= 0.3 is 0 Å². The van der Waals surface area contributed by atoms with E-state index in [2.05, 4.69) is 23.2 Å². The van der Waals surface area contributed by atoms with E-state index in [0.29, 0.717) is 5.56 Å². The van der Waals surface area contributed by atoms with E-state index in [0.717, 1.165) is 33.0 Å². The molecule has 4 heteroatoms. The SMILES string of the molecule is N#Cc1cccc(-c2csc(-c3cnccc3-c3ccccc3)n2)c1. The summed E-state index contributed by atoms with van der Waals surface area (Å²) < 4.78 is 0. The third-order valence-corrected chi connectivity index (χ3v) is 4.80. The fourth-order valence-electron chi connectivity index (χ4n) is 2.71. The molecule has 0 aliphatic heterocycles. The van der Waals surface area contributed by atoms with Gasteiger partial charge in [-0.05, 0) is 29.3 Å². The van der Waals surface area contributed by atoms with E-state index in [4.69, 9.17) is 10.2 Å². The second-order valence-corrected chi connectivity index (χ2v) is 6.38. The van der Waals surface area contributed by atoms with Crippen LogP contribution in [0.25, 0.3) is 33.0 Å². The summed E-state index contributed by atoms with van der Waals surface area (Å²) in [5, 5.41) is 12.0. The van der Waals surface area contributed by atoms with Crippen molar-refractivity contribution < 1.29 is 0 Å². The van der Waals surface area contributed by atoms with Gasteiger partial charge in [-0.15, -0.1) is 11.3 Å². The molecule has 2 aromatic heterocycles. The molecule has 0 N–H and O–H groups in total. The average molecular weight is 339 g/mol. The molecular formula is C21H13N3S. The third-order valence-electron chi connectivity index (χ3n) is 3.93. The minimum Gasteiger partial charge on any atom is -0.264 e. The molecule has 0 fully saturated rings. The Labute approximate surface area is 149 Å². The molecule has 25 heavy (non-hydrogen) atoms. The number of pyridine rings is 1. The van der Waals surface area contributed by atoms with Gasteiger partial charge in [-0.1, -0.05) is 42.5 Å². The van der Waals surface area contributed by atoms with Gasteiger partial charge in [-0.2, -0.15) is 5.26 Å². The Morgan fingerprint density at radius 3 is 2.56 bits per heavy atom. The van der Waals surface area contributed by atoms with Gasteiger partial charge in [-0.25, -0.2) is 4.98 Å². The standard InChI is InChI=1S/C21H13N3S/c22-12-15-5-4-8-17(11-15)20-14-25-21(24-20)19-13-23-10-9-18(19)16-6-2-1-3-7-16/h1-11,13-14H. The van der Waals surface area contributed by atoms with Crippen molar-refractivity contribution in [1.82, 2.24) is 9.97 Å². The zero-order chi connectivity index (χ0) is 17.1. The van der Waals surface area contributed by atoms with Crippen LogP contribution in [0.1, 0.15) is 5.56 Å². The van der Waals surface area contributed by atoms with Gasteiger partial charge in [0, 0.05) is 28.9 Å². The molecule has 0 spiro atoms. The normalized spacial score (nSPS) is 10.4. The Hall–Kier alpha value is -3.29. The molecule has 2 heterocycles. The maximum atomic E-state index is 9.08. The molecule has 0 atom stereocenters. The average Bonchev–Trinajstić information content (AvgIpc) is 3.19. The van der Waals surface area contributed by atoms with Crippen molar-refractivity contribution in [3.63, 3.8) is 0 Å². The Kier molecular flexibility index (Phi) is 4.07. The van der Waals surface area contributed by atoms with Crippen LogP contribution in [-0.2, 0) is 0 Å². The van der Waals surface area contributed by atoms with E-state index in [-0.39, 0.29) is 0 Å². The van der Waals surface area contributed by atoms with Gasteiger partial charge < -0.3 is 0 Å². The second-order valence-electron chi connectivity index (χ2n) is 5.52. The van der Waals surface area contributed by atoms with Crippen LogP contribution in [0.15, 0.2) is 78.4 Å². The van der Waals surface area contributed by atoms with Gasteiger partial charge in [0.1, 0.15) is 5.01 Å². The first-order valence-corrected chi connectivity index (χ1v) is 8.69. The van der Waals surface area contributed by atoms with E-state index < -0.39 is 0 Å². The number of nitrogens with zero attached hydrogens (tertiary/aromatic N) is 3. The molecule has 0 radical (unpaired) electrons. The number of aromatic nitrogens is 2.